The number of aromatic amines is 1. The molecule has 0 aliphatic carbocycles. The molecule has 2 aromatic heterocycles. The number of thiophene rings is 1. The summed E-state index contributed by atoms with van der Waals surface area (Å²) in [5.74, 6) is -0.558. The molecule has 0 bridgehead atoms. The number of hydrogen-bond donors (Lipinski definition) is 3. The molecule has 10 heteroatoms. The van der Waals surface area contributed by atoms with Crippen molar-refractivity contribution in [2.75, 3.05) is 6.54 Å². The molecular weight excluding hydrogens is 304 g/mol. The minimum absolute atomic E-state index is 0.00929. The molecule has 8 nitrogen and oxygen atoms in total. The van der Waals surface area contributed by atoms with Crippen LogP contribution in [-0.4, -0.2) is 41.2 Å². The third kappa shape index (κ3) is 3.21. The molecule has 0 spiro atoms. The Kier molecular flexibility index (Phi) is 4.16. The SMILES string of the molecule is Cc1cc(S(=O)(=O)NCCc2ncn[nH]2)sc1C(=O)O. The van der Waals surface area contributed by atoms with Crippen molar-refractivity contribution in [3.8, 4) is 0 Å². The number of carboxylic acid groups (broad SMARTS) is 1. The fourth-order valence-corrected chi connectivity index (χ4v) is 3.98. The summed E-state index contributed by atoms with van der Waals surface area (Å²) in [6.45, 7) is 1.71. The molecule has 0 amide bonds. The highest BCUT2D eigenvalue weighted by Crippen LogP contribution is 2.25. The van der Waals surface area contributed by atoms with Gasteiger partial charge in [0.2, 0.25) is 10.0 Å². The summed E-state index contributed by atoms with van der Waals surface area (Å²) >= 11 is 0.737. The fraction of sp³-hybridized carbons (Fsp3) is 0.300. The van der Waals surface area contributed by atoms with E-state index in [4.69, 9.17) is 5.11 Å². The van der Waals surface area contributed by atoms with E-state index in [0.29, 0.717) is 17.8 Å². The second-order valence-electron chi connectivity index (χ2n) is 3.96. The van der Waals surface area contributed by atoms with Gasteiger partial charge < -0.3 is 5.11 Å². The number of aromatic nitrogens is 3. The number of nitrogens with one attached hydrogen (secondary N) is 2. The van der Waals surface area contributed by atoms with Crippen molar-refractivity contribution in [3.05, 3.63) is 28.7 Å². The summed E-state index contributed by atoms with van der Waals surface area (Å²) < 4.78 is 26.4. The van der Waals surface area contributed by atoms with E-state index in [0.717, 1.165) is 11.3 Å². The van der Waals surface area contributed by atoms with E-state index in [2.05, 4.69) is 19.9 Å². The second-order valence-corrected chi connectivity index (χ2v) is 7.01. The van der Waals surface area contributed by atoms with Crippen molar-refractivity contribution in [1.82, 2.24) is 19.9 Å². The Morgan fingerprint density at radius 1 is 1.55 bits per heavy atom. The van der Waals surface area contributed by atoms with E-state index in [-0.39, 0.29) is 15.6 Å². The average molecular weight is 316 g/mol. The Balaban J connectivity index is 2.06. The van der Waals surface area contributed by atoms with E-state index in [1.54, 1.807) is 6.92 Å². The molecule has 0 unspecified atom stereocenters. The van der Waals surface area contributed by atoms with Crippen LogP contribution in [0.4, 0.5) is 0 Å². The lowest BCUT2D eigenvalue weighted by molar-refractivity contribution is 0.0701. The number of rotatable bonds is 6. The Hall–Kier alpha value is -1.78. The van der Waals surface area contributed by atoms with Crippen molar-refractivity contribution >= 4 is 27.3 Å². The number of aromatic carboxylic acids is 1. The third-order valence-electron chi connectivity index (χ3n) is 2.47. The zero-order valence-corrected chi connectivity index (χ0v) is 12.1. The maximum absolute atomic E-state index is 12.0. The van der Waals surface area contributed by atoms with E-state index in [1.807, 2.05) is 0 Å². The van der Waals surface area contributed by atoms with E-state index < -0.39 is 16.0 Å². The Labute approximate surface area is 118 Å². The molecule has 2 aromatic rings. The minimum Gasteiger partial charge on any atom is -0.477 e. The smallest absolute Gasteiger partial charge is 0.346 e. The van der Waals surface area contributed by atoms with Crippen LogP contribution in [0.1, 0.15) is 21.1 Å². The molecule has 0 fully saturated rings. The largest absolute Gasteiger partial charge is 0.477 e. The van der Waals surface area contributed by atoms with Crippen LogP contribution in [0.15, 0.2) is 16.6 Å². The molecule has 0 saturated heterocycles. The molecular formula is C10H12N4O4S2. The van der Waals surface area contributed by atoms with Crippen LogP contribution in [-0.2, 0) is 16.4 Å². The number of aryl methyl sites for hydroxylation is 1. The summed E-state index contributed by atoms with van der Waals surface area (Å²) in [4.78, 5) is 14.8. The minimum atomic E-state index is -3.71. The molecule has 108 valence electrons. The van der Waals surface area contributed by atoms with Crippen LogP contribution in [0.25, 0.3) is 0 Å². The lowest BCUT2D eigenvalue weighted by atomic mass is 10.3. The number of sulfonamides is 1. The number of carboxylic acids is 1. The van der Waals surface area contributed by atoms with Crippen molar-refractivity contribution < 1.29 is 18.3 Å². The van der Waals surface area contributed by atoms with Gasteiger partial charge in [-0.2, -0.15) is 5.10 Å². The monoisotopic (exact) mass is 316 g/mol. The zero-order valence-electron chi connectivity index (χ0n) is 10.5. The van der Waals surface area contributed by atoms with Crippen molar-refractivity contribution in [2.24, 2.45) is 0 Å². The number of nitrogens with zero attached hydrogens (tertiary/aromatic N) is 2. The van der Waals surface area contributed by atoms with Gasteiger partial charge in [-0.25, -0.2) is 22.9 Å². The molecule has 2 rings (SSSR count). The lowest BCUT2D eigenvalue weighted by Crippen LogP contribution is -2.25. The van der Waals surface area contributed by atoms with Crippen LogP contribution in [0, 0.1) is 6.92 Å². The standard InChI is InChI=1S/C10H12N4O4S2/c1-6-4-8(19-9(6)10(15)16)20(17,18)13-3-2-7-11-5-12-14-7/h4-5,13H,2-3H2,1H3,(H,15,16)(H,11,12,14). The van der Waals surface area contributed by atoms with Gasteiger partial charge >= 0.3 is 5.97 Å². The van der Waals surface area contributed by atoms with Gasteiger partial charge in [0, 0.05) is 13.0 Å². The topological polar surface area (TPSA) is 125 Å². The molecule has 0 aliphatic heterocycles. The van der Waals surface area contributed by atoms with E-state index in [1.165, 1.54) is 12.4 Å². The first-order chi connectivity index (χ1) is 9.40. The predicted molar refractivity (Wildman–Crippen MR) is 71.3 cm³/mol. The van der Waals surface area contributed by atoms with Gasteiger partial charge in [-0.05, 0) is 18.6 Å². The normalized spacial score (nSPS) is 11.7. The lowest BCUT2D eigenvalue weighted by Gasteiger charge is -2.02. The van der Waals surface area contributed by atoms with Gasteiger partial charge in [-0.1, -0.05) is 0 Å². The summed E-state index contributed by atoms with van der Waals surface area (Å²) in [5.41, 5.74) is 0.429. The van der Waals surface area contributed by atoms with Crippen LogP contribution in [0.2, 0.25) is 0 Å². The van der Waals surface area contributed by atoms with Gasteiger partial charge in [0.1, 0.15) is 21.2 Å². The summed E-state index contributed by atoms with van der Waals surface area (Å²) in [7, 11) is -3.71. The molecule has 20 heavy (non-hydrogen) atoms. The summed E-state index contributed by atoms with van der Waals surface area (Å²) in [6.07, 6.45) is 1.71. The number of carbonyl (C=O) groups is 1. The van der Waals surface area contributed by atoms with Crippen LogP contribution >= 0.6 is 11.3 Å². The maximum Gasteiger partial charge on any atom is 0.346 e. The zero-order chi connectivity index (χ0) is 14.8. The highest BCUT2D eigenvalue weighted by Gasteiger charge is 2.21. The van der Waals surface area contributed by atoms with Gasteiger partial charge in [-0.3, -0.25) is 5.10 Å². The number of hydrogen-bond acceptors (Lipinski definition) is 6. The Bertz CT molecular complexity index is 706. The van der Waals surface area contributed by atoms with Crippen molar-refractivity contribution in [1.29, 1.82) is 0 Å². The molecule has 3 N–H and O–H groups in total. The fourth-order valence-electron chi connectivity index (χ4n) is 1.52. The van der Waals surface area contributed by atoms with E-state index in [9.17, 15) is 13.2 Å². The molecule has 2 heterocycles. The first-order valence-electron chi connectivity index (χ1n) is 5.58. The molecule has 0 aromatic carbocycles. The molecule has 0 atom stereocenters. The first-order valence-corrected chi connectivity index (χ1v) is 7.88. The Morgan fingerprint density at radius 2 is 2.30 bits per heavy atom. The van der Waals surface area contributed by atoms with Gasteiger partial charge in [0.25, 0.3) is 0 Å². The average Bonchev–Trinajstić information content (AvgIpc) is 2.98. The quantitative estimate of drug-likeness (QED) is 0.708. The van der Waals surface area contributed by atoms with Gasteiger partial charge in [0.05, 0.1) is 0 Å². The van der Waals surface area contributed by atoms with E-state index >= 15 is 0 Å². The van der Waals surface area contributed by atoms with Crippen molar-refractivity contribution in [2.45, 2.75) is 17.6 Å². The van der Waals surface area contributed by atoms with Gasteiger partial charge in [-0.15, -0.1) is 11.3 Å². The third-order valence-corrected chi connectivity index (χ3v) is 5.63. The van der Waals surface area contributed by atoms with Gasteiger partial charge in [0.15, 0.2) is 0 Å². The summed E-state index contributed by atoms with van der Waals surface area (Å²) in [5, 5.41) is 15.2. The number of H-pyrrole nitrogens is 1. The first kappa shape index (κ1) is 14.6. The molecule has 0 aliphatic rings. The van der Waals surface area contributed by atoms with Crippen LogP contribution in [0.3, 0.4) is 0 Å². The Morgan fingerprint density at radius 3 is 2.85 bits per heavy atom. The highest BCUT2D eigenvalue weighted by atomic mass is 32.2. The predicted octanol–water partition coefficient (Wildman–Crippen LogP) is 0.394. The van der Waals surface area contributed by atoms with Crippen LogP contribution < -0.4 is 4.72 Å². The molecule has 0 radical (unpaired) electrons. The van der Waals surface area contributed by atoms with Crippen molar-refractivity contribution in [3.63, 3.8) is 0 Å². The molecule has 0 saturated carbocycles. The second kappa shape index (κ2) is 5.69. The van der Waals surface area contributed by atoms with Crippen LogP contribution in [0.5, 0.6) is 0 Å². The highest BCUT2D eigenvalue weighted by molar-refractivity contribution is 7.91. The summed E-state index contributed by atoms with van der Waals surface area (Å²) in [6, 6.07) is 1.35. The maximum atomic E-state index is 12.0.